The van der Waals surface area contributed by atoms with E-state index in [9.17, 15) is 4.79 Å². The smallest absolute Gasteiger partial charge is 0.248 e. The van der Waals surface area contributed by atoms with Crippen molar-refractivity contribution in [3.8, 4) is 0 Å². The fourth-order valence-corrected chi connectivity index (χ4v) is 2.42. The van der Waals surface area contributed by atoms with E-state index in [0.717, 1.165) is 10.7 Å². The maximum Gasteiger partial charge on any atom is 0.248 e. The lowest BCUT2D eigenvalue weighted by Gasteiger charge is -2.04. The van der Waals surface area contributed by atoms with E-state index in [1.807, 2.05) is 12.3 Å². The molecule has 0 aliphatic carbocycles. The fourth-order valence-electron chi connectivity index (χ4n) is 1.38. The number of halogens is 2. The molecule has 2 aromatic rings. The Morgan fingerprint density at radius 3 is 2.84 bits per heavy atom. The summed E-state index contributed by atoms with van der Waals surface area (Å²) in [5.41, 5.74) is 1.29. The summed E-state index contributed by atoms with van der Waals surface area (Å²) in [6.07, 6.45) is 3.07. The molecule has 3 nitrogen and oxygen atoms in total. The van der Waals surface area contributed by atoms with Gasteiger partial charge in [0.2, 0.25) is 5.91 Å². The number of aromatic nitrogens is 1. The number of rotatable bonds is 3. The molecule has 1 heterocycles. The normalized spacial score (nSPS) is 10.9. The molecule has 0 saturated heterocycles. The average Bonchev–Trinajstić information content (AvgIpc) is 2.76. The molecule has 0 spiro atoms. The summed E-state index contributed by atoms with van der Waals surface area (Å²) in [5.74, 6) is -0.269. The first kappa shape index (κ1) is 14.1. The number of carbonyl (C=O) groups is 1. The van der Waals surface area contributed by atoms with E-state index in [-0.39, 0.29) is 5.91 Å². The van der Waals surface area contributed by atoms with Gasteiger partial charge in [0.05, 0.1) is 21.4 Å². The third-order valence-corrected chi connectivity index (χ3v) is 3.57. The van der Waals surface area contributed by atoms with Crippen molar-refractivity contribution in [1.29, 1.82) is 0 Å². The van der Waals surface area contributed by atoms with E-state index in [4.69, 9.17) is 23.2 Å². The summed E-state index contributed by atoms with van der Waals surface area (Å²) in [6, 6.07) is 4.90. The second-order valence-corrected chi connectivity index (χ2v) is 5.64. The Morgan fingerprint density at radius 1 is 1.42 bits per heavy atom. The molecular formula is C13H10Cl2N2OS. The molecule has 2 rings (SSSR count). The fraction of sp³-hybridized carbons (Fsp3) is 0.0769. The van der Waals surface area contributed by atoms with E-state index in [1.54, 1.807) is 24.3 Å². The molecule has 1 aromatic heterocycles. The van der Waals surface area contributed by atoms with Crippen molar-refractivity contribution in [3.05, 3.63) is 50.4 Å². The molecular weight excluding hydrogens is 303 g/mol. The van der Waals surface area contributed by atoms with Crippen LogP contribution < -0.4 is 5.32 Å². The first-order chi connectivity index (χ1) is 9.04. The summed E-state index contributed by atoms with van der Waals surface area (Å²) in [5, 5.41) is 6.44. The molecule has 0 fully saturated rings. The number of nitrogens with zero attached hydrogens (tertiary/aromatic N) is 1. The first-order valence-electron chi connectivity index (χ1n) is 5.41. The highest BCUT2D eigenvalue weighted by Gasteiger charge is 2.04. The van der Waals surface area contributed by atoms with Crippen LogP contribution in [0.3, 0.4) is 0 Å². The Kier molecular flexibility index (Phi) is 4.58. The SMILES string of the molecule is Cc1nc(C=CC(=O)Nc2ccc(Cl)cc2Cl)cs1. The van der Waals surface area contributed by atoms with Crippen molar-refractivity contribution in [3.63, 3.8) is 0 Å². The summed E-state index contributed by atoms with van der Waals surface area (Å²) in [6.45, 7) is 1.91. The van der Waals surface area contributed by atoms with Crippen molar-refractivity contribution < 1.29 is 4.79 Å². The van der Waals surface area contributed by atoms with Crippen molar-refractivity contribution in [2.45, 2.75) is 6.92 Å². The van der Waals surface area contributed by atoms with E-state index in [0.29, 0.717) is 15.7 Å². The van der Waals surface area contributed by atoms with Gasteiger partial charge in [-0.2, -0.15) is 0 Å². The van der Waals surface area contributed by atoms with Gasteiger partial charge < -0.3 is 5.32 Å². The number of thiazole rings is 1. The lowest BCUT2D eigenvalue weighted by molar-refractivity contribution is -0.111. The molecule has 98 valence electrons. The molecule has 6 heteroatoms. The standard InChI is InChI=1S/C13H10Cl2N2OS/c1-8-16-10(7-19-8)3-5-13(18)17-12-4-2-9(14)6-11(12)15/h2-7H,1H3,(H,17,18). The number of carbonyl (C=O) groups excluding carboxylic acids is 1. The monoisotopic (exact) mass is 312 g/mol. The van der Waals surface area contributed by atoms with Crippen molar-refractivity contribution in [2.24, 2.45) is 0 Å². The van der Waals surface area contributed by atoms with E-state index >= 15 is 0 Å². The second kappa shape index (κ2) is 6.19. The van der Waals surface area contributed by atoms with Crippen LogP contribution in [0.4, 0.5) is 5.69 Å². The molecule has 0 radical (unpaired) electrons. The molecule has 0 aliphatic rings. The number of nitrogens with one attached hydrogen (secondary N) is 1. The summed E-state index contributed by atoms with van der Waals surface area (Å²) in [7, 11) is 0. The van der Waals surface area contributed by atoms with Crippen molar-refractivity contribution >= 4 is 52.2 Å². The van der Waals surface area contributed by atoms with Gasteiger partial charge in [0, 0.05) is 16.5 Å². The van der Waals surface area contributed by atoms with Gasteiger partial charge in [-0.3, -0.25) is 4.79 Å². The lowest BCUT2D eigenvalue weighted by atomic mass is 10.3. The third kappa shape index (κ3) is 4.06. The number of hydrogen-bond donors (Lipinski definition) is 1. The van der Waals surface area contributed by atoms with Crippen LogP contribution in [0.1, 0.15) is 10.7 Å². The molecule has 0 bridgehead atoms. The first-order valence-corrected chi connectivity index (χ1v) is 7.04. The van der Waals surface area contributed by atoms with Crippen LogP contribution in [-0.2, 0) is 4.79 Å². The molecule has 1 aromatic carbocycles. The minimum absolute atomic E-state index is 0.269. The Balaban J connectivity index is 2.03. The molecule has 0 saturated carbocycles. The number of amides is 1. The number of anilines is 1. The number of benzene rings is 1. The second-order valence-electron chi connectivity index (χ2n) is 3.74. The summed E-state index contributed by atoms with van der Waals surface area (Å²) in [4.78, 5) is 15.9. The van der Waals surface area contributed by atoms with Crippen molar-refractivity contribution in [2.75, 3.05) is 5.32 Å². The zero-order valence-corrected chi connectivity index (χ0v) is 12.3. The molecule has 0 unspecified atom stereocenters. The Morgan fingerprint density at radius 2 is 2.21 bits per heavy atom. The molecule has 1 amide bonds. The van der Waals surface area contributed by atoms with Crippen LogP contribution in [-0.4, -0.2) is 10.9 Å². The predicted molar refractivity (Wildman–Crippen MR) is 81.0 cm³/mol. The number of aryl methyl sites for hydroxylation is 1. The van der Waals surface area contributed by atoms with Crippen LogP contribution >= 0.6 is 34.5 Å². The molecule has 0 atom stereocenters. The Hall–Kier alpha value is -1.36. The third-order valence-electron chi connectivity index (χ3n) is 2.23. The predicted octanol–water partition coefficient (Wildman–Crippen LogP) is 4.41. The van der Waals surface area contributed by atoms with Gasteiger partial charge in [-0.25, -0.2) is 4.98 Å². The van der Waals surface area contributed by atoms with Crippen LogP contribution in [0, 0.1) is 6.92 Å². The highest BCUT2D eigenvalue weighted by atomic mass is 35.5. The maximum atomic E-state index is 11.7. The number of hydrogen-bond acceptors (Lipinski definition) is 3. The van der Waals surface area contributed by atoms with Crippen LogP contribution in [0.15, 0.2) is 29.7 Å². The highest BCUT2D eigenvalue weighted by Crippen LogP contribution is 2.25. The van der Waals surface area contributed by atoms with Gasteiger partial charge in [-0.1, -0.05) is 23.2 Å². The minimum Gasteiger partial charge on any atom is -0.321 e. The van der Waals surface area contributed by atoms with Gasteiger partial charge in [0.1, 0.15) is 0 Å². The summed E-state index contributed by atoms with van der Waals surface area (Å²) >= 11 is 13.3. The molecule has 19 heavy (non-hydrogen) atoms. The van der Waals surface area contributed by atoms with Gasteiger partial charge in [-0.15, -0.1) is 11.3 Å². The molecule has 1 N–H and O–H groups in total. The zero-order chi connectivity index (χ0) is 13.8. The minimum atomic E-state index is -0.269. The van der Waals surface area contributed by atoms with E-state index in [2.05, 4.69) is 10.3 Å². The summed E-state index contributed by atoms with van der Waals surface area (Å²) < 4.78 is 0. The Labute approximate surface area is 124 Å². The topological polar surface area (TPSA) is 42.0 Å². The van der Waals surface area contributed by atoms with E-state index in [1.165, 1.54) is 17.4 Å². The van der Waals surface area contributed by atoms with Crippen LogP contribution in [0.5, 0.6) is 0 Å². The van der Waals surface area contributed by atoms with Gasteiger partial charge in [0.25, 0.3) is 0 Å². The lowest BCUT2D eigenvalue weighted by Crippen LogP contribution is -2.08. The Bertz CT molecular complexity index is 637. The van der Waals surface area contributed by atoms with Gasteiger partial charge >= 0.3 is 0 Å². The average molecular weight is 313 g/mol. The van der Waals surface area contributed by atoms with Gasteiger partial charge in [0.15, 0.2) is 0 Å². The van der Waals surface area contributed by atoms with Crippen LogP contribution in [0.2, 0.25) is 10.0 Å². The quantitative estimate of drug-likeness (QED) is 0.853. The highest BCUT2D eigenvalue weighted by molar-refractivity contribution is 7.09. The van der Waals surface area contributed by atoms with Crippen LogP contribution in [0.25, 0.3) is 6.08 Å². The molecule has 0 aliphatic heterocycles. The van der Waals surface area contributed by atoms with E-state index < -0.39 is 0 Å². The largest absolute Gasteiger partial charge is 0.321 e. The maximum absolute atomic E-state index is 11.7. The van der Waals surface area contributed by atoms with Crippen molar-refractivity contribution in [1.82, 2.24) is 4.98 Å². The van der Waals surface area contributed by atoms with Gasteiger partial charge in [-0.05, 0) is 31.2 Å². The zero-order valence-electron chi connectivity index (χ0n) is 9.98.